The zero-order chi connectivity index (χ0) is 6.85. The molecular formula is C5H9NO3. The molecule has 0 bridgehead atoms. The number of hydrogen-bond acceptors (Lipinski definition) is 4. The highest BCUT2D eigenvalue weighted by Crippen LogP contribution is 2.17. The SMILES string of the molecule is CCOC(=O)C1OC1N. The van der Waals surface area contributed by atoms with Crippen LogP contribution in [0, 0.1) is 0 Å². The van der Waals surface area contributed by atoms with E-state index in [1.807, 2.05) is 0 Å². The highest BCUT2D eigenvalue weighted by atomic mass is 16.6. The topological polar surface area (TPSA) is 64.8 Å². The molecule has 2 unspecified atom stereocenters. The second kappa shape index (κ2) is 2.33. The fraction of sp³-hybridized carbons (Fsp3) is 0.800. The molecule has 0 aliphatic carbocycles. The van der Waals surface area contributed by atoms with Gasteiger partial charge in [0.05, 0.1) is 6.61 Å². The van der Waals surface area contributed by atoms with E-state index in [9.17, 15) is 4.79 Å². The lowest BCUT2D eigenvalue weighted by Crippen LogP contribution is -2.17. The summed E-state index contributed by atoms with van der Waals surface area (Å²) < 4.78 is 9.23. The van der Waals surface area contributed by atoms with Gasteiger partial charge in [-0.15, -0.1) is 0 Å². The fourth-order valence-electron chi connectivity index (χ4n) is 0.538. The number of epoxide rings is 1. The maximum absolute atomic E-state index is 10.6. The second-order valence-corrected chi connectivity index (χ2v) is 1.77. The Kier molecular flexibility index (Phi) is 1.68. The van der Waals surface area contributed by atoms with Crippen LogP contribution in [0.4, 0.5) is 0 Å². The van der Waals surface area contributed by atoms with E-state index in [2.05, 4.69) is 9.47 Å². The normalized spacial score (nSPS) is 31.8. The molecule has 0 amide bonds. The summed E-state index contributed by atoms with van der Waals surface area (Å²) in [5.41, 5.74) is 5.17. The maximum atomic E-state index is 10.6. The fourth-order valence-corrected chi connectivity index (χ4v) is 0.538. The van der Waals surface area contributed by atoms with E-state index >= 15 is 0 Å². The Balaban J connectivity index is 2.20. The Morgan fingerprint density at radius 2 is 2.44 bits per heavy atom. The zero-order valence-corrected chi connectivity index (χ0v) is 5.16. The molecule has 1 rings (SSSR count). The molecule has 52 valence electrons. The first kappa shape index (κ1) is 6.51. The minimum absolute atomic E-state index is 0.356. The number of nitrogens with two attached hydrogens (primary N) is 1. The molecule has 2 N–H and O–H groups in total. The van der Waals surface area contributed by atoms with Crippen LogP contribution >= 0.6 is 0 Å². The average molecular weight is 131 g/mol. The predicted molar refractivity (Wildman–Crippen MR) is 29.5 cm³/mol. The molecule has 0 radical (unpaired) electrons. The van der Waals surface area contributed by atoms with Crippen molar-refractivity contribution in [3.05, 3.63) is 0 Å². The van der Waals surface area contributed by atoms with E-state index < -0.39 is 12.3 Å². The monoisotopic (exact) mass is 131 g/mol. The first-order valence-corrected chi connectivity index (χ1v) is 2.83. The van der Waals surface area contributed by atoms with Gasteiger partial charge in [0.1, 0.15) is 6.23 Å². The zero-order valence-electron chi connectivity index (χ0n) is 5.16. The highest BCUT2D eigenvalue weighted by molar-refractivity contribution is 5.77. The van der Waals surface area contributed by atoms with Gasteiger partial charge in [-0.2, -0.15) is 0 Å². The molecule has 4 heteroatoms. The third-order valence-corrected chi connectivity index (χ3v) is 1.04. The minimum Gasteiger partial charge on any atom is -0.464 e. The minimum atomic E-state index is -0.495. The number of rotatable bonds is 2. The Labute approximate surface area is 52.9 Å². The number of carbonyl (C=O) groups is 1. The molecule has 4 nitrogen and oxygen atoms in total. The molecule has 1 fully saturated rings. The van der Waals surface area contributed by atoms with Crippen molar-refractivity contribution in [1.29, 1.82) is 0 Å². The molecule has 1 aliphatic heterocycles. The van der Waals surface area contributed by atoms with Crippen LogP contribution in [0.2, 0.25) is 0 Å². The van der Waals surface area contributed by atoms with Gasteiger partial charge in [0.15, 0.2) is 6.10 Å². The van der Waals surface area contributed by atoms with E-state index in [1.165, 1.54) is 0 Å². The van der Waals surface area contributed by atoms with E-state index in [4.69, 9.17) is 5.73 Å². The lowest BCUT2D eigenvalue weighted by atomic mass is 10.4. The Morgan fingerprint density at radius 3 is 2.78 bits per heavy atom. The van der Waals surface area contributed by atoms with E-state index in [0.29, 0.717) is 6.61 Å². The summed E-state index contributed by atoms with van der Waals surface area (Å²) in [6.45, 7) is 2.12. The van der Waals surface area contributed by atoms with Crippen molar-refractivity contribution in [1.82, 2.24) is 0 Å². The quantitative estimate of drug-likeness (QED) is 0.395. The van der Waals surface area contributed by atoms with E-state index in [0.717, 1.165) is 0 Å². The molecule has 0 aromatic carbocycles. The van der Waals surface area contributed by atoms with Gasteiger partial charge in [0.2, 0.25) is 0 Å². The average Bonchev–Trinajstić information content (AvgIpc) is 2.47. The van der Waals surface area contributed by atoms with Crippen molar-refractivity contribution in [3.8, 4) is 0 Å². The van der Waals surface area contributed by atoms with Crippen LogP contribution in [0.1, 0.15) is 6.92 Å². The second-order valence-electron chi connectivity index (χ2n) is 1.77. The number of carbonyl (C=O) groups excluding carboxylic acids is 1. The third kappa shape index (κ3) is 1.40. The third-order valence-electron chi connectivity index (χ3n) is 1.04. The van der Waals surface area contributed by atoms with Gasteiger partial charge in [-0.1, -0.05) is 0 Å². The predicted octanol–water partition coefficient (Wildman–Crippen LogP) is -0.767. The van der Waals surface area contributed by atoms with Crippen LogP contribution < -0.4 is 5.73 Å². The molecule has 0 aromatic rings. The van der Waals surface area contributed by atoms with Crippen LogP contribution in [0.15, 0.2) is 0 Å². The van der Waals surface area contributed by atoms with E-state index in [-0.39, 0.29) is 5.97 Å². The Morgan fingerprint density at radius 1 is 1.89 bits per heavy atom. The molecule has 1 aliphatic rings. The lowest BCUT2D eigenvalue weighted by Gasteiger charge is -1.94. The molecule has 9 heavy (non-hydrogen) atoms. The molecule has 1 heterocycles. The summed E-state index contributed by atoms with van der Waals surface area (Å²) >= 11 is 0. The van der Waals surface area contributed by atoms with Crippen molar-refractivity contribution in [2.24, 2.45) is 5.73 Å². The van der Waals surface area contributed by atoms with Crippen molar-refractivity contribution in [2.75, 3.05) is 6.61 Å². The van der Waals surface area contributed by atoms with Crippen LogP contribution in [0.3, 0.4) is 0 Å². The Bertz CT molecular complexity index is 125. The molecule has 1 saturated heterocycles. The lowest BCUT2D eigenvalue weighted by molar-refractivity contribution is -0.144. The largest absolute Gasteiger partial charge is 0.464 e. The van der Waals surface area contributed by atoms with Gasteiger partial charge >= 0.3 is 5.97 Å². The summed E-state index contributed by atoms with van der Waals surface area (Å²) in [5.74, 6) is -0.356. The van der Waals surface area contributed by atoms with Gasteiger partial charge in [-0.05, 0) is 6.92 Å². The van der Waals surface area contributed by atoms with Gasteiger partial charge in [0.25, 0.3) is 0 Å². The number of ether oxygens (including phenoxy) is 2. The first-order chi connectivity index (χ1) is 4.25. The summed E-state index contributed by atoms with van der Waals surface area (Å²) in [4.78, 5) is 10.6. The number of esters is 1. The smallest absolute Gasteiger partial charge is 0.339 e. The molecule has 0 aromatic heterocycles. The van der Waals surface area contributed by atoms with Gasteiger partial charge in [-0.25, -0.2) is 4.79 Å². The molecule has 0 saturated carbocycles. The first-order valence-electron chi connectivity index (χ1n) is 2.83. The van der Waals surface area contributed by atoms with Gasteiger partial charge in [0, 0.05) is 0 Å². The van der Waals surface area contributed by atoms with Crippen molar-refractivity contribution >= 4 is 5.97 Å². The van der Waals surface area contributed by atoms with Crippen LogP contribution in [-0.4, -0.2) is 24.9 Å². The molecule has 0 spiro atoms. The number of hydrogen-bond donors (Lipinski definition) is 1. The van der Waals surface area contributed by atoms with Crippen LogP contribution in [-0.2, 0) is 14.3 Å². The van der Waals surface area contributed by atoms with Crippen molar-refractivity contribution < 1.29 is 14.3 Å². The summed E-state index contributed by atoms with van der Waals surface area (Å²) in [5, 5.41) is 0. The summed E-state index contributed by atoms with van der Waals surface area (Å²) in [6.07, 6.45) is -0.922. The van der Waals surface area contributed by atoms with Crippen LogP contribution in [0.25, 0.3) is 0 Å². The van der Waals surface area contributed by atoms with E-state index in [1.54, 1.807) is 6.92 Å². The highest BCUT2D eigenvalue weighted by Gasteiger charge is 2.43. The summed E-state index contributed by atoms with van der Waals surface area (Å²) in [6, 6.07) is 0. The molecule has 2 atom stereocenters. The standard InChI is InChI=1S/C5H9NO3/c1-2-8-5(7)3-4(6)9-3/h3-4H,2,6H2,1H3. The maximum Gasteiger partial charge on any atom is 0.339 e. The van der Waals surface area contributed by atoms with Gasteiger partial charge in [-0.3, -0.25) is 0 Å². The van der Waals surface area contributed by atoms with Crippen molar-refractivity contribution in [2.45, 2.75) is 19.3 Å². The van der Waals surface area contributed by atoms with Crippen LogP contribution in [0.5, 0.6) is 0 Å². The Hall–Kier alpha value is -0.610. The van der Waals surface area contributed by atoms with Crippen molar-refractivity contribution in [3.63, 3.8) is 0 Å². The van der Waals surface area contributed by atoms with Gasteiger partial charge < -0.3 is 15.2 Å². The molecular weight excluding hydrogens is 122 g/mol. The summed E-state index contributed by atoms with van der Waals surface area (Å²) in [7, 11) is 0.